The number of nitrogens with one attached hydrogen (secondary N) is 1. The number of amides is 1. The van der Waals surface area contributed by atoms with Crippen molar-refractivity contribution in [2.75, 3.05) is 27.3 Å². The average Bonchev–Trinajstić information content (AvgIpc) is 2.71. The minimum absolute atomic E-state index is 0.266. The lowest BCUT2D eigenvalue weighted by Crippen LogP contribution is -2.55. The maximum absolute atomic E-state index is 12.5. The molecule has 7 nitrogen and oxygen atoms in total. The predicted molar refractivity (Wildman–Crippen MR) is 105 cm³/mol. The topological polar surface area (TPSA) is 83.9 Å². The van der Waals surface area contributed by atoms with Crippen LogP contribution < -0.4 is 10.1 Å². The lowest BCUT2D eigenvalue weighted by Gasteiger charge is -2.37. The first-order valence-corrected chi connectivity index (χ1v) is 9.40. The second kappa shape index (κ2) is 9.64. The van der Waals surface area contributed by atoms with Crippen molar-refractivity contribution in [2.45, 2.75) is 31.2 Å². The highest BCUT2D eigenvalue weighted by Crippen LogP contribution is 2.18. The number of carbonyl (C=O) groups is 1. The molecule has 1 aliphatic rings. The number of nitrogens with zero attached hydrogens (tertiary/aromatic N) is 2. The molecule has 1 aromatic carbocycles. The number of pyridine rings is 1. The smallest absolute Gasteiger partial charge is 0.253 e. The highest BCUT2D eigenvalue weighted by molar-refractivity contribution is 5.94. The first-order chi connectivity index (χ1) is 13.6. The number of aliphatic hydroxyl groups is 1. The highest BCUT2D eigenvalue weighted by atomic mass is 16.5. The van der Waals surface area contributed by atoms with Gasteiger partial charge >= 0.3 is 0 Å². The van der Waals surface area contributed by atoms with Crippen LogP contribution in [-0.2, 0) is 11.3 Å². The maximum Gasteiger partial charge on any atom is 0.253 e. The van der Waals surface area contributed by atoms with Crippen molar-refractivity contribution < 1.29 is 19.4 Å². The molecule has 3 rings (SSSR count). The first-order valence-electron chi connectivity index (χ1n) is 9.40. The number of benzene rings is 1. The molecule has 3 atom stereocenters. The van der Waals surface area contributed by atoms with Crippen LogP contribution in [0.3, 0.4) is 0 Å². The molecule has 1 fully saturated rings. The zero-order valence-corrected chi connectivity index (χ0v) is 16.2. The molecule has 2 heterocycles. The van der Waals surface area contributed by atoms with Crippen molar-refractivity contribution in [3.63, 3.8) is 0 Å². The van der Waals surface area contributed by atoms with E-state index in [1.807, 2.05) is 25.2 Å². The Kier molecular flexibility index (Phi) is 6.97. The second-order valence-corrected chi connectivity index (χ2v) is 7.04. The van der Waals surface area contributed by atoms with Gasteiger partial charge in [0.05, 0.1) is 24.8 Å². The van der Waals surface area contributed by atoms with Gasteiger partial charge in [-0.15, -0.1) is 0 Å². The summed E-state index contributed by atoms with van der Waals surface area (Å²) in [7, 11) is 3.52. The summed E-state index contributed by atoms with van der Waals surface area (Å²) in [5.74, 6) is 0.182. The summed E-state index contributed by atoms with van der Waals surface area (Å²) in [5, 5.41) is 13.6. The van der Waals surface area contributed by atoms with Gasteiger partial charge in [0.15, 0.2) is 0 Å². The van der Waals surface area contributed by atoms with E-state index in [-0.39, 0.29) is 18.1 Å². The molecular formula is C21H27N3O4. The molecule has 0 bridgehead atoms. The fourth-order valence-corrected chi connectivity index (χ4v) is 3.35. The first kappa shape index (κ1) is 20.3. The van der Waals surface area contributed by atoms with E-state index >= 15 is 0 Å². The van der Waals surface area contributed by atoms with Gasteiger partial charge in [-0.3, -0.25) is 9.69 Å². The Bertz CT molecular complexity index is 754. The van der Waals surface area contributed by atoms with Gasteiger partial charge in [0.1, 0.15) is 6.10 Å². The Hall–Kier alpha value is -2.48. The van der Waals surface area contributed by atoms with Gasteiger partial charge < -0.3 is 19.9 Å². The number of likely N-dealkylation sites (N-methyl/N-ethyl adjacent to an activating group) is 1. The molecule has 1 aromatic heterocycles. The van der Waals surface area contributed by atoms with Crippen LogP contribution >= 0.6 is 0 Å². The van der Waals surface area contributed by atoms with Gasteiger partial charge in [0, 0.05) is 32.0 Å². The Morgan fingerprint density at radius 1 is 1.32 bits per heavy atom. The number of hydrogen-bond donors (Lipinski definition) is 2. The van der Waals surface area contributed by atoms with E-state index in [2.05, 4.69) is 27.3 Å². The van der Waals surface area contributed by atoms with Gasteiger partial charge in [0.2, 0.25) is 5.88 Å². The van der Waals surface area contributed by atoms with Gasteiger partial charge in [0.25, 0.3) is 5.91 Å². The van der Waals surface area contributed by atoms with E-state index in [0.29, 0.717) is 31.0 Å². The number of ether oxygens (including phenoxy) is 2. The molecule has 0 unspecified atom stereocenters. The summed E-state index contributed by atoms with van der Waals surface area (Å²) in [6.45, 7) is 1.83. The number of aliphatic hydroxyl groups excluding tert-OH is 1. The van der Waals surface area contributed by atoms with E-state index in [0.717, 1.165) is 6.54 Å². The van der Waals surface area contributed by atoms with Gasteiger partial charge in [-0.25, -0.2) is 4.98 Å². The van der Waals surface area contributed by atoms with Crippen LogP contribution in [0.25, 0.3) is 0 Å². The van der Waals surface area contributed by atoms with E-state index in [4.69, 9.17) is 9.47 Å². The van der Waals surface area contributed by atoms with Crippen molar-refractivity contribution >= 4 is 5.91 Å². The van der Waals surface area contributed by atoms with E-state index in [1.54, 1.807) is 12.1 Å². The standard InChI is InChI=1S/C21H27N3O4/c1-24(13-15-6-4-3-5-7-15)14-18-20(25)17(10-11-28-18)23-21(26)16-8-9-19(27-2)22-12-16/h3-9,12,17-18,20,25H,10-11,13-14H2,1-2H3,(H,23,26)/t17-,18+,20-/m0/s1. The molecule has 1 saturated heterocycles. The SMILES string of the molecule is COc1ccc(C(=O)N[C@H]2CCO[C@H](CN(C)Cc3ccccc3)[C@H]2O)cn1. The lowest BCUT2D eigenvalue weighted by molar-refractivity contribution is -0.0981. The fourth-order valence-electron chi connectivity index (χ4n) is 3.35. The number of hydrogen-bond acceptors (Lipinski definition) is 6. The van der Waals surface area contributed by atoms with Crippen LogP contribution in [0.1, 0.15) is 22.3 Å². The Balaban J connectivity index is 1.55. The normalized spacial score (nSPS) is 22.1. The molecule has 1 amide bonds. The molecule has 2 aromatic rings. The number of rotatable bonds is 7. The van der Waals surface area contributed by atoms with E-state index in [9.17, 15) is 9.90 Å². The van der Waals surface area contributed by atoms with Crippen LogP contribution in [0.2, 0.25) is 0 Å². The van der Waals surface area contributed by atoms with E-state index in [1.165, 1.54) is 18.9 Å². The summed E-state index contributed by atoms with van der Waals surface area (Å²) < 4.78 is 10.8. The maximum atomic E-state index is 12.5. The molecule has 1 aliphatic heterocycles. The summed E-state index contributed by atoms with van der Waals surface area (Å²) in [5.41, 5.74) is 1.63. The summed E-state index contributed by atoms with van der Waals surface area (Å²) in [6, 6.07) is 13.1. The Morgan fingerprint density at radius 3 is 2.79 bits per heavy atom. The number of carbonyl (C=O) groups excluding carboxylic acids is 1. The van der Waals surface area contributed by atoms with Crippen molar-refractivity contribution in [3.05, 3.63) is 59.8 Å². The van der Waals surface area contributed by atoms with Gasteiger partial charge in [-0.2, -0.15) is 0 Å². The molecule has 2 N–H and O–H groups in total. The molecule has 0 saturated carbocycles. The van der Waals surface area contributed by atoms with Crippen molar-refractivity contribution in [1.82, 2.24) is 15.2 Å². The third-order valence-electron chi connectivity index (χ3n) is 4.87. The fraction of sp³-hybridized carbons (Fsp3) is 0.429. The minimum Gasteiger partial charge on any atom is -0.481 e. The predicted octanol–water partition coefficient (Wildman–Crippen LogP) is 1.47. The summed E-state index contributed by atoms with van der Waals surface area (Å²) >= 11 is 0. The lowest BCUT2D eigenvalue weighted by atomic mass is 9.98. The Morgan fingerprint density at radius 2 is 2.11 bits per heavy atom. The second-order valence-electron chi connectivity index (χ2n) is 7.04. The largest absolute Gasteiger partial charge is 0.481 e. The van der Waals surface area contributed by atoms with Crippen LogP contribution in [0.4, 0.5) is 0 Å². The zero-order valence-electron chi connectivity index (χ0n) is 16.2. The molecular weight excluding hydrogens is 358 g/mol. The zero-order chi connectivity index (χ0) is 19.9. The van der Waals surface area contributed by atoms with Gasteiger partial charge in [-0.05, 0) is 25.1 Å². The quantitative estimate of drug-likeness (QED) is 0.751. The third-order valence-corrected chi connectivity index (χ3v) is 4.87. The third kappa shape index (κ3) is 5.28. The molecule has 7 heteroatoms. The summed E-state index contributed by atoms with van der Waals surface area (Å²) in [6.07, 6.45) is 0.893. The van der Waals surface area contributed by atoms with Crippen molar-refractivity contribution in [1.29, 1.82) is 0 Å². The highest BCUT2D eigenvalue weighted by Gasteiger charge is 2.34. The minimum atomic E-state index is -0.776. The van der Waals surface area contributed by atoms with Crippen molar-refractivity contribution in [2.24, 2.45) is 0 Å². The van der Waals surface area contributed by atoms with Crippen LogP contribution in [0, 0.1) is 0 Å². The van der Waals surface area contributed by atoms with Gasteiger partial charge in [-0.1, -0.05) is 30.3 Å². The molecule has 28 heavy (non-hydrogen) atoms. The summed E-state index contributed by atoms with van der Waals surface area (Å²) in [4.78, 5) is 18.6. The number of methoxy groups -OCH3 is 1. The molecule has 0 radical (unpaired) electrons. The monoisotopic (exact) mass is 385 g/mol. The van der Waals surface area contributed by atoms with Crippen LogP contribution in [-0.4, -0.2) is 66.5 Å². The van der Waals surface area contributed by atoms with Crippen LogP contribution in [0.15, 0.2) is 48.7 Å². The molecule has 150 valence electrons. The molecule has 0 spiro atoms. The Labute approximate surface area is 165 Å². The number of aromatic nitrogens is 1. The van der Waals surface area contributed by atoms with Crippen LogP contribution in [0.5, 0.6) is 5.88 Å². The molecule has 0 aliphatic carbocycles. The van der Waals surface area contributed by atoms with Crippen molar-refractivity contribution in [3.8, 4) is 5.88 Å². The average molecular weight is 385 g/mol. The van der Waals surface area contributed by atoms with E-state index < -0.39 is 6.10 Å².